The molecule has 0 spiro atoms. The fourth-order valence-electron chi connectivity index (χ4n) is 3.04. The van der Waals surface area contributed by atoms with Crippen molar-refractivity contribution in [3.63, 3.8) is 0 Å². The fourth-order valence-corrected chi connectivity index (χ4v) is 3.04. The molecule has 0 aromatic heterocycles. The molecule has 0 aliphatic heterocycles. The number of hydrogen-bond acceptors (Lipinski definition) is 2. The summed E-state index contributed by atoms with van der Waals surface area (Å²) in [4.78, 5) is 2.57. The highest BCUT2D eigenvalue weighted by atomic mass is 15.1. The lowest BCUT2D eigenvalue weighted by molar-refractivity contribution is 0.0843. The second kappa shape index (κ2) is 7.80. The number of nitrogens with one attached hydrogen (secondary N) is 1. The molecule has 0 saturated heterocycles. The lowest BCUT2D eigenvalue weighted by Gasteiger charge is -2.43. The van der Waals surface area contributed by atoms with E-state index in [9.17, 15) is 0 Å². The quantitative estimate of drug-likeness (QED) is 0.783. The summed E-state index contributed by atoms with van der Waals surface area (Å²) in [5.41, 5.74) is 1.45. The standard InChI is InChI=1S/C18H30N2/c1-15(2)13-19-14-17-9-10-18(17)20(3)12-11-16-7-5-4-6-8-16/h4-8,15,17-19H,9-14H2,1-3H3. The minimum Gasteiger partial charge on any atom is -0.316 e. The molecule has 0 bridgehead atoms. The summed E-state index contributed by atoms with van der Waals surface area (Å²) in [5.74, 6) is 1.61. The maximum Gasteiger partial charge on any atom is 0.0133 e. The molecule has 1 aliphatic rings. The monoisotopic (exact) mass is 274 g/mol. The van der Waals surface area contributed by atoms with E-state index in [-0.39, 0.29) is 0 Å². The molecule has 2 nitrogen and oxygen atoms in total. The molecule has 1 aromatic rings. The van der Waals surface area contributed by atoms with Crippen LogP contribution in [0, 0.1) is 11.8 Å². The molecule has 1 fully saturated rings. The van der Waals surface area contributed by atoms with Crippen molar-refractivity contribution in [1.29, 1.82) is 0 Å². The van der Waals surface area contributed by atoms with Crippen LogP contribution in [0.1, 0.15) is 32.3 Å². The molecule has 2 unspecified atom stereocenters. The molecule has 2 atom stereocenters. The van der Waals surface area contributed by atoms with E-state index in [2.05, 4.69) is 61.4 Å². The van der Waals surface area contributed by atoms with Gasteiger partial charge in [0.05, 0.1) is 0 Å². The van der Waals surface area contributed by atoms with E-state index in [1.807, 2.05) is 0 Å². The minimum atomic E-state index is 0.754. The minimum absolute atomic E-state index is 0.754. The van der Waals surface area contributed by atoms with Crippen LogP contribution in [0.25, 0.3) is 0 Å². The molecular formula is C18H30N2. The SMILES string of the molecule is CC(C)CNCC1CCC1N(C)CCc1ccccc1. The summed E-state index contributed by atoms with van der Waals surface area (Å²) >= 11 is 0. The van der Waals surface area contributed by atoms with Gasteiger partial charge in [-0.05, 0) is 56.8 Å². The average Bonchev–Trinajstić information content (AvgIpc) is 2.41. The number of hydrogen-bond donors (Lipinski definition) is 1. The van der Waals surface area contributed by atoms with Crippen molar-refractivity contribution < 1.29 is 0 Å². The molecule has 20 heavy (non-hydrogen) atoms. The predicted molar refractivity (Wildman–Crippen MR) is 87.0 cm³/mol. The van der Waals surface area contributed by atoms with Crippen molar-refractivity contribution in [3.05, 3.63) is 35.9 Å². The van der Waals surface area contributed by atoms with Crippen LogP contribution in [-0.2, 0) is 6.42 Å². The van der Waals surface area contributed by atoms with Gasteiger partial charge in [0, 0.05) is 12.6 Å². The first-order chi connectivity index (χ1) is 9.66. The van der Waals surface area contributed by atoms with E-state index in [4.69, 9.17) is 0 Å². The van der Waals surface area contributed by atoms with Crippen LogP contribution in [0.4, 0.5) is 0 Å². The van der Waals surface area contributed by atoms with Crippen LogP contribution < -0.4 is 5.32 Å². The summed E-state index contributed by atoms with van der Waals surface area (Å²) in [5, 5.41) is 3.62. The third-order valence-corrected chi connectivity index (χ3v) is 4.50. The largest absolute Gasteiger partial charge is 0.316 e. The highest BCUT2D eigenvalue weighted by Gasteiger charge is 2.33. The first-order valence-corrected chi connectivity index (χ1v) is 8.11. The summed E-state index contributed by atoms with van der Waals surface area (Å²) in [7, 11) is 2.29. The van der Waals surface area contributed by atoms with Crippen molar-refractivity contribution in [2.24, 2.45) is 11.8 Å². The van der Waals surface area contributed by atoms with E-state index in [1.165, 1.54) is 37.9 Å². The molecule has 0 amide bonds. The van der Waals surface area contributed by atoms with Crippen LogP contribution in [0.15, 0.2) is 30.3 Å². The van der Waals surface area contributed by atoms with Gasteiger partial charge >= 0.3 is 0 Å². The normalized spacial score (nSPS) is 22.2. The fraction of sp³-hybridized carbons (Fsp3) is 0.667. The lowest BCUT2D eigenvalue weighted by atomic mass is 9.78. The maximum atomic E-state index is 3.62. The van der Waals surface area contributed by atoms with Gasteiger partial charge in [-0.25, -0.2) is 0 Å². The van der Waals surface area contributed by atoms with E-state index >= 15 is 0 Å². The Morgan fingerprint density at radius 1 is 1.20 bits per heavy atom. The van der Waals surface area contributed by atoms with Gasteiger partial charge in [0.25, 0.3) is 0 Å². The Morgan fingerprint density at radius 2 is 1.95 bits per heavy atom. The number of rotatable bonds is 8. The van der Waals surface area contributed by atoms with E-state index in [1.54, 1.807) is 0 Å². The van der Waals surface area contributed by atoms with Crippen molar-refractivity contribution >= 4 is 0 Å². The Hall–Kier alpha value is -0.860. The van der Waals surface area contributed by atoms with Gasteiger partial charge in [-0.2, -0.15) is 0 Å². The smallest absolute Gasteiger partial charge is 0.0133 e. The summed E-state index contributed by atoms with van der Waals surface area (Å²) in [6.07, 6.45) is 3.94. The Kier molecular flexibility index (Phi) is 6.06. The Labute approximate surface area is 124 Å². The molecule has 1 aromatic carbocycles. The van der Waals surface area contributed by atoms with Crippen LogP contribution in [0.2, 0.25) is 0 Å². The second-order valence-corrected chi connectivity index (χ2v) is 6.67. The number of benzene rings is 1. The summed E-state index contributed by atoms with van der Waals surface area (Å²) in [6.45, 7) is 8.07. The van der Waals surface area contributed by atoms with Gasteiger partial charge in [-0.1, -0.05) is 44.2 Å². The highest BCUT2D eigenvalue weighted by Crippen LogP contribution is 2.31. The van der Waals surface area contributed by atoms with Gasteiger partial charge in [-0.15, -0.1) is 0 Å². The van der Waals surface area contributed by atoms with Gasteiger partial charge in [-0.3, -0.25) is 0 Å². The Balaban J connectivity index is 1.68. The molecule has 1 N–H and O–H groups in total. The second-order valence-electron chi connectivity index (χ2n) is 6.67. The molecule has 0 heterocycles. The maximum absolute atomic E-state index is 3.62. The summed E-state index contributed by atoms with van der Waals surface area (Å²) in [6, 6.07) is 11.6. The first kappa shape index (κ1) is 15.5. The molecule has 0 radical (unpaired) electrons. The van der Waals surface area contributed by atoms with Crippen LogP contribution in [0.3, 0.4) is 0 Å². The third-order valence-electron chi connectivity index (χ3n) is 4.50. The zero-order valence-electron chi connectivity index (χ0n) is 13.3. The molecule has 1 saturated carbocycles. The zero-order valence-corrected chi connectivity index (χ0v) is 13.3. The Bertz CT molecular complexity index is 374. The van der Waals surface area contributed by atoms with Gasteiger partial charge in [0.15, 0.2) is 0 Å². The van der Waals surface area contributed by atoms with Crippen molar-refractivity contribution in [1.82, 2.24) is 10.2 Å². The van der Waals surface area contributed by atoms with E-state index < -0.39 is 0 Å². The van der Waals surface area contributed by atoms with Crippen molar-refractivity contribution in [2.45, 2.75) is 39.2 Å². The highest BCUT2D eigenvalue weighted by molar-refractivity contribution is 5.14. The number of likely N-dealkylation sites (N-methyl/N-ethyl adjacent to an activating group) is 1. The molecule has 2 rings (SSSR count). The Morgan fingerprint density at radius 3 is 2.55 bits per heavy atom. The summed E-state index contributed by atoms with van der Waals surface area (Å²) < 4.78 is 0. The predicted octanol–water partition coefficient (Wildman–Crippen LogP) is 3.19. The topological polar surface area (TPSA) is 15.3 Å². The van der Waals surface area contributed by atoms with E-state index in [0.29, 0.717) is 0 Å². The van der Waals surface area contributed by atoms with Gasteiger partial charge < -0.3 is 10.2 Å². The van der Waals surface area contributed by atoms with Crippen LogP contribution in [-0.4, -0.2) is 37.6 Å². The van der Waals surface area contributed by atoms with Gasteiger partial charge in [0.1, 0.15) is 0 Å². The number of nitrogens with zero attached hydrogens (tertiary/aromatic N) is 1. The first-order valence-electron chi connectivity index (χ1n) is 8.11. The molecular weight excluding hydrogens is 244 g/mol. The molecule has 112 valence electrons. The van der Waals surface area contributed by atoms with E-state index in [0.717, 1.165) is 24.4 Å². The molecule has 2 heteroatoms. The molecule has 1 aliphatic carbocycles. The van der Waals surface area contributed by atoms with Crippen molar-refractivity contribution in [2.75, 3.05) is 26.7 Å². The zero-order chi connectivity index (χ0) is 14.4. The lowest BCUT2D eigenvalue weighted by Crippen LogP contribution is -2.49. The van der Waals surface area contributed by atoms with Crippen LogP contribution in [0.5, 0.6) is 0 Å². The van der Waals surface area contributed by atoms with Crippen LogP contribution >= 0.6 is 0 Å². The average molecular weight is 274 g/mol. The third kappa shape index (κ3) is 4.60. The van der Waals surface area contributed by atoms with Gasteiger partial charge in [0.2, 0.25) is 0 Å². The van der Waals surface area contributed by atoms with Crippen molar-refractivity contribution in [3.8, 4) is 0 Å².